The largest absolute Gasteiger partial charge is 0.495 e. The van der Waals surface area contributed by atoms with Crippen molar-refractivity contribution >= 4 is 27.7 Å². The van der Waals surface area contributed by atoms with E-state index in [4.69, 9.17) is 9.47 Å². The molecule has 0 heterocycles. The monoisotopic (exact) mass is 334 g/mol. The van der Waals surface area contributed by atoms with Gasteiger partial charge >= 0.3 is 5.97 Å². The molecular formula is C12H12BrFO5. The van der Waals surface area contributed by atoms with Gasteiger partial charge in [0, 0.05) is 0 Å². The predicted molar refractivity (Wildman–Crippen MR) is 68.2 cm³/mol. The number of esters is 1. The highest BCUT2D eigenvalue weighted by Crippen LogP contribution is 2.39. The van der Waals surface area contributed by atoms with E-state index in [0.29, 0.717) is 0 Å². The molecule has 0 bridgehead atoms. The Morgan fingerprint density at radius 3 is 2.32 bits per heavy atom. The summed E-state index contributed by atoms with van der Waals surface area (Å²) in [7, 11) is 2.56. The van der Waals surface area contributed by atoms with Crippen LogP contribution in [0.15, 0.2) is 10.5 Å². The number of ether oxygens (including phenoxy) is 3. The minimum absolute atomic E-state index is 0.0105. The molecule has 19 heavy (non-hydrogen) atoms. The Morgan fingerprint density at radius 1 is 1.26 bits per heavy atom. The van der Waals surface area contributed by atoms with E-state index in [9.17, 15) is 14.0 Å². The first kappa shape index (κ1) is 15.4. The smallest absolute Gasteiger partial charge is 0.379 e. The molecule has 0 N–H and O–H groups in total. The van der Waals surface area contributed by atoms with Crippen LogP contribution in [-0.2, 0) is 9.53 Å². The molecule has 104 valence electrons. The third-order valence-corrected chi connectivity index (χ3v) is 2.97. The first-order valence-corrected chi connectivity index (χ1v) is 6.08. The topological polar surface area (TPSA) is 61.8 Å². The van der Waals surface area contributed by atoms with E-state index >= 15 is 0 Å². The Labute approximate surface area is 117 Å². The third kappa shape index (κ3) is 3.04. The van der Waals surface area contributed by atoms with Gasteiger partial charge in [0.2, 0.25) is 0 Å². The van der Waals surface area contributed by atoms with Crippen molar-refractivity contribution in [2.75, 3.05) is 20.8 Å². The molecule has 1 aromatic rings. The molecular weight excluding hydrogens is 323 g/mol. The molecule has 0 atom stereocenters. The zero-order valence-electron chi connectivity index (χ0n) is 10.6. The summed E-state index contributed by atoms with van der Waals surface area (Å²) in [4.78, 5) is 23.2. The zero-order valence-corrected chi connectivity index (χ0v) is 12.2. The van der Waals surface area contributed by atoms with Gasteiger partial charge < -0.3 is 14.2 Å². The Morgan fingerprint density at radius 2 is 1.84 bits per heavy atom. The van der Waals surface area contributed by atoms with Gasteiger partial charge in [-0.1, -0.05) is 0 Å². The summed E-state index contributed by atoms with van der Waals surface area (Å²) in [6, 6.07) is 0.877. The van der Waals surface area contributed by atoms with Gasteiger partial charge in [0.25, 0.3) is 5.78 Å². The van der Waals surface area contributed by atoms with Crippen molar-refractivity contribution in [3.05, 3.63) is 21.9 Å². The van der Waals surface area contributed by atoms with E-state index in [2.05, 4.69) is 20.7 Å². The lowest BCUT2D eigenvalue weighted by atomic mass is 10.1. The van der Waals surface area contributed by atoms with Gasteiger partial charge in [0.1, 0.15) is 10.2 Å². The van der Waals surface area contributed by atoms with Crippen LogP contribution in [0.3, 0.4) is 0 Å². The first-order chi connectivity index (χ1) is 8.97. The van der Waals surface area contributed by atoms with Crippen LogP contribution in [0.25, 0.3) is 0 Å². The van der Waals surface area contributed by atoms with Crippen LogP contribution < -0.4 is 9.47 Å². The van der Waals surface area contributed by atoms with Crippen LogP contribution in [0.1, 0.15) is 17.3 Å². The fourth-order valence-electron chi connectivity index (χ4n) is 1.45. The van der Waals surface area contributed by atoms with Crippen LogP contribution in [0, 0.1) is 5.82 Å². The van der Waals surface area contributed by atoms with E-state index in [1.165, 1.54) is 14.2 Å². The molecule has 0 aliphatic carbocycles. The molecule has 0 spiro atoms. The van der Waals surface area contributed by atoms with E-state index in [1.807, 2.05) is 0 Å². The van der Waals surface area contributed by atoms with Crippen LogP contribution >= 0.6 is 15.9 Å². The average molecular weight is 335 g/mol. The number of ketones is 1. The Bertz CT molecular complexity index is 515. The number of rotatable bonds is 5. The number of hydrogen-bond acceptors (Lipinski definition) is 5. The highest BCUT2D eigenvalue weighted by molar-refractivity contribution is 9.10. The Hall–Kier alpha value is -1.63. The van der Waals surface area contributed by atoms with Crippen LogP contribution in [0.5, 0.6) is 11.5 Å². The van der Waals surface area contributed by atoms with Crippen LogP contribution in [0.4, 0.5) is 4.39 Å². The van der Waals surface area contributed by atoms with E-state index in [0.717, 1.165) is 6.07 Å². The summed E-state index contributed by atoms with van der Waals surface area (Å²) in [6.45, 7) is 1.61. The number of halogens is 2. The molecule has 7 heteroatoms. The first-order valence-electron chi connectivity index (χ1n) is 5.29. The molecule has 0 aliphatic heterocycles. The van der Waals surface area contributed by atoms with E-state index in [1.54, 1.807) is 6.92 Å². The highest BCUT2D eigenvalue weighted by atomic mass is 79.9. The molecule has 0 fully saturated rings. The summed E-state index contributed by atoms with van der Waals surface area (Å²) in [5.41, 5.74) is -0.230. The quantitative estimate of drug-likeness (QED) is 0.470. The summed E-state index contributed by atoms with van der Waals surface area (Å²) in [5, 5.41) is 0. The number of Topliss-reactive ketones (excluding diaryl/α,β-unsaturated/α-hetero) is 1. The Kier molecular flexibility index (Phi) is 5.29. The van der Waals surface area contributed by atoms with Crippen molar-refractivity contribution in [2.24, 2.45) is 0 Å². The maximum atomic E-state index is 13.7. The van der Waals surface area contributed by atoms with Gasteiger partial charge in [-0.3, -0.25) is 4.79 Å². The summed E-state index contributed by atoms with van der Waals surface area (Å²) in [6.07, 6.45) is 0. The van der Waals surface area contributed by atoms with E-state index in [-0.39, 0.29) is 28.1 Å². The molecule has 0 radical (unpaired) electrons. The number of methoxy groups -OCH3 is 2. The van der Waals surface area contributed by atoms with Crippen LogP contribution in [-0.4, -0.2) is 32.6 Å². The molecule has 0 unspecified atom stereocenters. The fraction of sp³-hybridized carbons (Fsp3) is 0.333. The lowest BCUT2D eigenvalue weighted by Gasteiger charge is -2.13. The molecule has 5 nitrogen and oxygen atoms in total. The second-order valence-electron chi connectivity index (χ2n) is 3.34. The van der Waals surface area contributed by atoms with Gasteiger partial charge in [-0.05, 0) is 28.9 Å². The molecule has 0 aromatic heterocycles. The lowest BCUT2D eigenvalue weighted by molar-refractivity contribution is -0.137. The van der Waals surface area contributed by atoms with Gasteiger partial charge in [0.05, 0.1) is 26.4 Å². The molecule has 1 rings (SSSR count). The van der Waals surface area contributed by atoms with Crippen molar-refractivity contribution in [3.63, 3.8) is 0 Å². The molecule has 1 aromatic carbocycles. The van der Waals surface area contributed by atoms with Crippen molar-refractivity contribution < 1.29 is 28.2 Å². The van der Waals surface area contributed by atoms with Gasteiger partial charge in [0.15, 0.2) is 11.6 Å². The van der Waals surface area contributed by atoms with Crippen molar-refractivity contribution in [1.29, 1.82) is 0 Å². The lowest BCUT2D eigenvalue weighted by Crippen LogP contribution is -2.19. The summed E-state index contributed by atoms with van der Waals surface area (Å²) >= 11 is 3.07. The molecule has 0 saturated heterocycles. The van der Waals surface area contributed by atoms with Crippen LogP contribution in [0.2, 0.25) is 0 Å². The highest BCUT2D eigenvalue weighted by Gasteiger charge is 2.27. The maximum Gasteiger partial charge on any atom is 0.379 e. The number of hydrogen-bond donors (Lipinski definition) is 0. The minimum Gasteiger partial charge on any atom is -0.495 e. The molecule has 0 aliphatic rings. The second-order valence-corrected chi connectivity index (χ2v) is 4.13. The summed E-state index contributed by atoms with van der Waals surface area (Å²) in [5.74, 6) is -2.95. The Balaban J connectivity index is 3.36. The number of carbonyl (C=O) groups is 2. The van der Waals surface area contributed by atoms with Gasteiger partial charge in [-0.25, -0.2) is 9.18 Å². The molecule has 0 saturated carbocycles. The van der Waals surface area contributed by atoms with Gasteiger partial charge in [-0.15, -0.1) is 0 Å². The third-order valence-electron chi connectivity index (χ3n) is 2.25. The summed E-state index contributed by atoms with van der Waals surface area (Å²) < 4.78 is 28.3. The molecule has 0 amide bonds. The average Bonchev–Trinajstić information content (AvgIpc) is 2.38. The van der Waals surface area contributed by atoms with Gasteiger partial charge in [-0.2, -0.15) is 0 Å². The zero-order chi connectivity index (χ0) is 14.6. The standard InChI is InChI=1S/C12H12BrFO5/c1-4-19-12(16)9(15)6-5-7(14)11(18-3)8(13)10(6)17-2/h5H,4H2,1-3H3. The van der Waals surface area contributed by atoms with Crippen molar-refractivity contribution in [2.45, 2.75) is 6.92 Å². The maximum absolute atomic E-state index is 13.7. The second kappa shape index (κ2) is 6.51. The van der Waals surface area contributed by atoms with Crippen molar-refractivity contribution in [1.82, 2.24) is 0 Å². The minimum atomic E-state index is -1.07. The SMILES string of the molecule is CCOC(=O)C(=O)c1cc(F)c(OC)c(Br)c1OC. The fourth-order valence-corrected chi connectivity index (χ4v) is 2.17. The van der Waals surface area contributed by atoms with E-state index < -0.39 is 17.6 Å². The predicted octanol–water partition coefficient (Wildman–Crippen LogP) is 2.35. The number of carbonyl (C=O) groups excluding carboxylic acids is 2. The number of benzene rings is 1. The normalized spacial score (nSPS) is 9.95. The van der Waals surface area contributed by atoms with Crippen molar-refractivity contribution in [3.8, 4) is 11.5 Å².